The summed E-state index contributed by atoms with van der Waals surface area (Å²) >= 11 is 0. The van der Waals surface area contributed by atoms with Gasteiger partial charge in [0.15, 0.2) is 5.60 Å². The Labute approximate surface area is 352 Å². The molecule has 11 heteroatoms. The number of rotatable bonds is 14. The van der Waals surface area contributed by atoms with Gasteiger partial charge in [0.25, 0.3) is 5.91 Å². The van der Waals surface area contributed by atoms with Gasteiger partial charge in [-0.15, -0.1) is 0 Å². The van der Waals surface area contributed by atoms with Crippen LogP contribution in [0.4, 0.5) is 11.4 Å². The molecule has 10 nitrogen and oxygen atoms in total. The van der Waals surface area contributed by atoms with Gasteiger partial charge in [-0.05, 0) is 58.6 Å². The Balaban J connectivity index is 1.09. The summed E-state index contributed by atoms with van der Waals surface area (Å²) < 4.78 is 12.7. The Kier molecular flexibility index (Phi) is 11.5. The molecule has 0 radical (unpaired) electrons. The minimum Gasteiger partial charge on any atom is -0.497 e. The van der Waals surface area contributed by atoms with Crippen molar-refractivity contribution in [2.45, 2.75) is 63.2 Å². The van der Waals surface area contributed by atoms with E-state index in [-0.39, 0.29) is 61.7 Å². The number of benzene rings is 5. The normalized spacial score (nSPS) is 19.8. The van der Waals surface area contributed by atoms with Crippen molar-refractivity contribution in [3.05, 3.63) is 156 Å². The molecule has 0 saturated carbocycles. The molecule has 1 spiro atoms. The van der Waals surface area contributed by atoms with Gasteiger partial charge in [-0.2, -0.15) is 0 Å². The van der Waals surface area contributed by atoms with Crippen LogP contribution in [0.15, 0.2) is 134 Å². The number of nitrogens with zero attached hydrogens (tertiary/aromatic N) is 2. The fraction of sp³-hybridized carbons (Fsp3) is 0.286. The summed E-state index contributed by atoms with van der Waals surface area (Å²) in [4.78, 5) is 49.7. The van der Waals surface area contributed by atoms with Gasteiger partial charge in [0, 0.05) is 47.4 Å². The summed E-state index contributed by atoms with van der Waals surface area (Å²) in [6, 6.07) is 41.3. The van der Waals surface area contributed by atoms with E-state index in [0.717, 1.165) is 44.6 Å². The second-order valence-electron chi connectivity index (χ2n) is 16.6. The van der Waals surface area contributed by atoms with E-state index in [1.807, 2.05) is 121 Å². The van der Waals surface area contributed by atoms with Gasteiger partial charge in [0.1, 0.15) is 5.75 Å². The van der Waals surface area contributed by atoms with Gasteiger partial charge < -0.3 is 34.7 Å². The van der Waals surface area contributed by atoms with Crippen molar-refractivity contribution in [2.24, 2.45) is 5.92 Å². The Morgan fingerprint density at radius 2 is 1.63 bits per heavy atom. The number of aliphatic hydroxyl groups is 1. The summed E-state index contributed by atoms with van der Waals surface area (Å²) in [6.07, 6.45) is 1.57. The van der Waals surface area contributed by atoms with E-state index >= 15 is 4.79 Å². The Morgan fingerprint density at radius 3 is 2.40 bits per heavy atom. The Morgan fingerprint density at radius 1 is 0.917 bits per heavy atom. The molecule has 2 aliphatic rings. The third kappa shape index (κ3) is 7.64. The fourth-order valence-electron chi connectivity index (χ4n) is 9.73. The predicted molar refractivity (Wildman–Crippen MR) is 238 cm³/mol. The zero-order chi connectivity index (χ0) is 42.0. The molecule has 1 saturated heterocycles. The third-order valence-electron chi connectivity index (χ3n) is 12.6. The molecule has 1 aromatic heterocycles. The monoisotopic (exact) mass is 820 g/mol. The minimum absolute atomic E-state index is 0.0614. The molecule has 3 N–H and O–H groups in total. The quantitative estimate of drug-likeness (QED) is 0.0977. The number of hydrogen-bond donors (Lipinski definition) is 3. The van der Waals surface area contributed by atoms with Crippen molar-refractivity contribution in [1.82, 2.24) is 9.88 Å². The second-order valence-corrected chi connectivity index (χ2v) is 21.3. The predicted octanol–water partition coefficient (Wildman–Crippen LogP) is 7.53. The van der Waals surface area contributed by atoms with Crippen LogP contribution in [0.5, 0.6) is 5.75 Å². The number of aromatic amines is 1. The number of carbonyl (C=O) groups excluding carboxylic acids is 3. The lowest BCUT2D eigenvalue weighted by molar-refractivity contribution is -0.150. The molecule has 2 aliphatic heterocycles. The van der Waals surface area contributed by atoms with Gasteiger partial charge in [0.05, 0.1) is 53.0 Å². The summed E-state index contributed by atoms with van der Waals surface area (Å²) in [5.74, 6) is 0.0276. The van der Waals surface area contributed by atoms with Gasteiger partial charge in [-0.25, -0.2) is 0 Å². The van der Waals surface area contributed by atoms with E-state index in [2.05, 4.69) is 42.5 Å². The van der Waals surface area contributed by atoms with E-state index in [1.54, 1.807) is 16.9 Å². The molecule has 60 heavy (non-hydrogen) atoms. The first kappa shape index (κ1) is 40.8. The van der Waals surface area contributed by atoms with Crippen LogP contribution >= 0.6 is 0 Å². The summed E-state index contributed by atoms with van der Waals surface area (Å²) in [5.41, 5.74) is 4.45. The standard InChI is InChI=1S/C49H52N4O6Si/c1-33-47(60(3,4)39-23-21-38(58-2)22-24-39)44(29-46(56)52(25-26-54)31-34-13-6-5-7-14-34)59-49(33)41-18-9-11-20-43(41)53(48(49)57)32-35-15-12-16-37(27-35)51-45(55)28-36-30-50-42-19-10-8-17-40(36)42/h5-24,27,30,33,44,47,50,54H,25-26,28-29,31-32H2,1-4H3,(H,51,55)/t33-,44+,47-,49+/m0/s1. The number of fused-ring (bicyclic) bond motifs is 3. The van der Waals surface area contributed by atoms with E-state index < -0.39 is 19.8 Å². The summed E-state index contributed by atoms with van der Waals surface area (Å²) in [6.45, 7) is 7.34. The summed E-state index contributed by atoms with van der Waals surface area (Å²) in [5, 5.41) is 15.3. The first-order chi connectivity index (χ1) is 29.0. The number of hydrogen-bond acceptors (Lipinski definition) is 6. The molecule has 3 heterocycles. The van der Waals surface area contributed by atoms with E-state index in [4.69, 9.17) is 9.47 Å². The fourth-order valence-corrected chi connectivity index (χ4v) is 13.7. The molecule has 4 atom stereocenters. The van der Waals surface area contributed by atoms with Crippen LogP contribution in [-0.2, 0) is 44.2 Å². The number of amides is 3. The second kappa shape index (κ2) is 16.9. The average molecular weight is 821 g/mol. The van der Waals surface area contributed by atoms with Crippen LogP contribution in [0.2, 0.25) is 18.6 Å². The molecular weight excluding hydrogens is 769 g/mol. The first-order valence-electron chi connectivity index (χ1n) is 20.6. The number of aromatic nitrogens is 1. The van der Waals surface area contributed by atoms with Crippen LogP contribution in [-0.4, -0.2) is 67.2 Å². The zero-order valence-corrected chi connectivity index (χ0v) is 35.6. The van der Waals surface area contributed by atoms with Gasteiger partial charge >= 0.3 is 0 Å². The SMILES string of the molecule is COc1ccc([Si](C)(C)[C@@H]2[C@@H](CC(=O)N(CCO)Cc3ccccc3)O[C@]3(C(=O)N(Cc4cccc(NC(=O)Cc5c[nH]c6ccccc56)c4)c4ccccc43)[C@H]2C)cc1. The highest BCUT2D eigenvalue weighted by molar-refractivity contribution is 6.91. The summed E-state index contributed by atoms with van der Waals surface area (Å²) in [7, 11) is -0.869. The molecule has 1 fully saturated rings. The highest BCUT2D eigenvalue weighted by Gasteiger charge is 2.66. The number of anilines is 2. The number of carbonyl (C=O) groups is 3. The van der Waals surface area contributed by atoms with E-state index in [9.17, 15) is 14.7 Å². The van der Waals surface area contributed by atoms with Crippen molar-refractivity contribution in [3.63, 3.8) is 0 Å². The first-order valence-corrected chi connectivity index (χ1v) is 23.7. The van der Waals surface area contributed by atoms with Crippen LogP contribution in [0.25, 0.3) is 10.9 Å². The van der Waals surface area contributed by atoms with Crippen molar-refractivity contribution >= 4 is 53.3 Å². The maximum Gasteiger partial charge on any atom is 0.264 e. The number of aliphatic hydroxyl groups excluding tert-OH is 1. The van der Waals surface area contributed by atoms with Gasteiger partial charge in [-0.3, -0.25) is 14.4 Å². The van der Waals surface area contributed by atoms with E-state index in [1.165, 1.54) is 5.19 Å². The zero-order valence-electron chi connectivity index (χ0n) is 34.6. The topological polar surface area (TPSA) is 124 Å². The molecule has 6 aromatic rings. The molecule has 308 valence electrons. The van der Waals surface area contributed by atoms with Crippen molar-refractivity contribution in [1.29, 1.82) is 0 Å². The van der Waals surface area contributed by atoms with Crippen LogP contribution in [0.1, 0.15) is 35.6 Å². The molecule has 0 unspecified atom stereocenters. The molecule has 0 bridgehead atoms. The Bertz CT molecular complexity index is 2510. The maximum absolute atomic E-state index is 15.3. The number of ether oxygens (including phenoxy) is 2. The lowest BCUT2D eigenvalue weighted by atomic mass is 9.82. The lowest BCUT2D eigenvalue weighted by Crippen LogP contribution is -2.52. The third-order valence-corrected chi connectivity index (χ3v) is 17.0. The highest BCUT2D eigenvalue weighted by Crippen LogP contribution is 2.60. The average Bonchev–Trinajstić information content (AvgIpc) is 3.87. The lowest BCUT2D eigenvalue weighted by Gasteiger charge is -2.37. The molecule has 0 aliphatic carbocycles. The molecule has 8 rings (SSSR count). The number of nitrogens with one attached hydrogen (secondary N) is 2. The molecule has 3 amide bonds. The van der Waals surface area contributed by atoms with Crippen molar-refractivity contribution < 1.29 is 29.0 Å². The molecular formula is C49H52N4O6Si. The van der Waals surface area contributed by atoms with Crippen molar-refractivity contribution in [2.75, 3.05) is 30.5 Å². The maximum atomic E-state index is 15.3. The van der Waals surface area contributed by atoms with E-state index in [0.29, 0.717) is 12.2 Å². The van der Waals surface area contributed by atoms with Crippen LogP contribution in [0, 0.1) is 5.92 Å². The minimum atomic E-state index is -2.52. The molecule has 5 aromatic carbocycles. The smallest absolute Gasteiger partial charge is 0.264 e. The highest BCUT2D eigenvalue weighted by atomic mass is 28.3. The van der Waals surface area contributed by atoms with Crippen LogP contribution in [0.3, 0.4) is 0 Å². The van der Waals surface area contributed by atoms with Gasteiger partial charge in [0.2, 0.25) is 11.8 Å². The van der Waals surface area contributed by atoms with Crippen LogP contribution < -0.4 is 20.1 Å². The Hall–Kier alpha value is -6.01. The van der Waals surface area contributed by atoms with Crippen molar-refractivity contribution in [3.8, 4) is 5.75 Å². The number of H-pyrrole nitrogens is 1. The number of para-hydroxylation sites is 2. The largest absolute Gasteiger partial charge is 0.497 e. The number of methoxy groups -OCH3 is 1. The van der Waals surface area contributed by atoms with Gasteiger partial charge in [-0.1, -0.05) is 116 Å².